The lowest BCUT2D eigenvalue weighted by molar-refractivity contribution is -0.139. The molecule has 0 aromatic rings. The van der Waals surface area contributed by atoms with Gasteiger partial charge in [-0.1, -0.05) is 36.5 Å². The van der Waals surface area contributed by atoms with Crippen molar-refractivity contribution in [1.29, 1.82) is 0 Å². The van der Waals surface area contributed by atoms with Crippen LogP contribution in [0.5, 0.6) is 0 Å². The highest BCUT2D eigenvalue weighted by molar-refractivity contribution is 6.35. The topological polar surface area (TPSA) is 82.9 Å². The number of nitrogens with zero attached hydrogens (tertiary/aromatic N) is 2. The van der Waals surface area contributed by atoms with Crippen LogP contribution in [0.1, 0.15) is 53.4 Å². The van der Waals surface area contributed by atoms with E-state index >= 15 is 0 Å². The van der Waals surface area contributed by atoms with Crippen molar-refractivity contribution in [3.63, 3.8) is 0 Å². The minimum absolute atomic E-state index is 0.307. The summed E-state index contributed by atoms with van der Waals surface area (Å²) in [6, 6.07) is 0. The van der Waals surface area contributed by atoms with E-state index in [2.05, 4.69) is 46.4 Å². The number of hydrogen-bond acceptors (Lipinski definition) is 4. The Balaban J connectivity index is 1.97. The Morgan fingerprint density at radius 1 is 0.857 bits per heavy atom. The van der Waals surface area contributed by atoms with Crippen LogP contribution in [0.15, 0.2) is 57.8 Å². The van der Waals surface area contributed by atoms with Crippen LogP contribution >= 0.6 is 0 Å². The van der Waals surface area contributed by atoms with E-state index in [9.17, 15) is 9.59 Å². The second kappa shape index (κ2) is 9.44. The zero-order valence-electron chi connectivity index (χ0n) is 17.3. The molecule has 0 saturated carbocycles. The lowest BCUT2D eigenvalue weighted by Crippen LogP contribution is -2.37. The van der Waals surface area contributed by atoms with Gasteiger partial charge in [0, 0.05) is 0 Å². The van der Waals surface area contributed by atoms with Gasteiger partial charge in [0.1, 0.15) is 0 Å². The summed E-state index contributed by atoms with van der Waals surface area (Å²) < 4.78 is 0. The summed E-state index contributed by atoms with van der Waals surface area (Å²) in [7, 11) is 0. The van der Waals surface area contributed by atoms with Gasteiger partial charge in [-0.15, -0.1) is 0 Å². The molecule has 150 valence electrons. The molecule has 6 heteroatoms. The fraction of sp³-hybridized carbons (Fsp3) is 0.455. The first kappa shape index (κ1) is 21.5. The maximum atomic E-state index is 12.1. The van der Waals surface area contributed by atoms with Crippen molar-refractivity contribution >= 4 is 23.2 Å². The molecule has 0 aromatic carbocycles. The molecule has 6 nitrogen and oxygen atoms in total. The van der Waals surface area contributed by atoms with Gasteiger partial charge in [-0.3, -0.25) is 9.59 Å². The highest BCUT2D eigenvalue weighted by atomic mass is 16.2. The zero-order chi connectivity index (χ0) is 20.8. The second-order valence-electron chi connectivity index (χ2n) is 7.74. The number of allylic oxidation sites excluding steroid dienone is 6. The summed E-state index contributed by atoms with van der Waals surface area (Å²) in [5.41, 5.74) is 10.4. The molecule has 0 aromatic heterocycles. The van der Waals surface area contributed by atoms with Crippen LogP contribution < -0.4 is 10.9 Å². The quantitative estimate of drug-likeness (QED) is 0.440. The summed E-state index contributed by atoms with van der Waals surface area (Å²) in [5, 5.41) is 8.28. The Bertz CT molecular complexity index is 746. The summed E-state index contributed by atoms with van der Waals surface area (Å²) in [6.07, 6.45) is 7.41. The van der Waals surface area contributed by atoms with Crippen molar-refractivity contribution in [3.05, 3.63) is 47.6 Å². The van der Waals surface area contributed by atoms with Crippen molar-refractivity contribution in [2.45, 2.75) is 53.4 Å². The van der Waals surface area contributed by atoms with E-state index in [1.165, 1.54) is 0 Å². The van der Waals surface area contributed by atoms with Crippen LogP contribution in [-0.4, -0.2) is 23.2 Å². The van der Waals surface area contributed by atoms with Gasteiger partial charge in [0.25, 0.3) is 0 Å². The molecule has 2 rings (SSSR count). The molecule has 2 amide bonds. The molecule has 0 saturated heterocycles. The standard InChI is InChI=1S/C22H30N4O2/c1-13(2)17-9-7-15(5)19(11-17)23-25-21(27)22(28)26-24-20-12-18(14(3)4)10-8-16(20)6/h7-8,17-18H,1,3,9-12H2,2,4-6H3,(H,25,27)(H,26,28). The average molecular weight is 383 g/mol. The Morgan fingerprint density at radius 3 is 1.54 bits per heavy atom. The molecular formula is C22H30N4O2. The number of hydrazone groups is 2. The molecule has 0 spiro atoms. The third kappa shape index (κ3) is 5.62. The lowest BCUT2D eigenvalue weighted by atomic mass is 9.85. The van der Waals surface area contributed by atoms with E-state index < -0.39 is 11.8 Å². The third-order valence-corrected chi connectivity index (χ3v) is 5.39. The molecule has 0 aliphatic heterocycles. The molecule has 0 heterocycles. The van der Waals surface area contributed by atoms with Crippen LogP contribution in [0.3, 0.4) is 0 Å². The molecule has 2 aliphatic rings. The Labute approximate surface area is 167 Å². The predicted molar refractivity (Wildman–Crippen MR) is 114 cm³/mol. The Morgan fingerprint density at radius 2 is 1.21 bits per heavy atom. The highest BCUT2D eigenvalue weighted by Gasteiger charge is 2.21. The van der Waals surface area contributed by atoms with Crippen molar-refractivity contribution < 1.29 is 9.59 Å². The summed E-state index contributed by atoms with van der Waals surface area (Å²) in [6.45, 7) is 15.9. The number of nitrogens with one attached hydrogen (secondary N) is 2. The largest absolute Gasteiger partial charge is 0.331 e. The second-order valence-corrected chi connectivity index (χ2v) is 7.74. The Hall–Kier alpha value is -2.76. The van der Waals surface area contributed by atoms with E-state index in [-0.39, 0.29) is 0 Å². The number of amides is 2. The molecule has 0 radical (unpaired) electrons. The van der Waals surface area contributed by atoms with E-state index in [0.29, 0.717) is 24.7 Å². The van der Waals surface area contributed by atoms with Gasteiger partial charge in [-0.05, 0) is 76.4 Å². The van der Waals surface area contributed by atoms with Gasteiger partial charge in [-0.2, -0.15) is 10.2 Å². The van der Waals surface area contributed by atoms with Crippen molar-refractivity contribution in [1.82, 2.24) is 10.9 Å². The van der Waals surface area contributed by atoms with Crippen LogP contribution in [0.4, 0.5) is 0 Å². The van der Waals surface area contributed by atoms with Crippen LogP contribution in [0.25, 0.3) is 0 Å². The van der Waals surface area contributed by atoms with E-state index in [4.69, 9.17) is 0 Å². The number of carbonyl (C=O) groups is 2. The molecule has 28 heavy (non-hydrogen) atoms. The lowest BCUT2D eigenvalue weighted by Gasteiger charge is -2.22. The molecule has 2 atom stereocenters. The van der Waals surface area contributed by atoms with Gasteiger partial charge < -0.3 is 0 Å². The molecular weight excluding hydrogens is 352 g/mol. The van der Waals surface area contributed by atoms with Crippen molar-refractivity contribution in [2.75, 3.05) is 0 Å². The third-order valence-electron chi connectivity index (χ3n) is 5.39. The molecule has 0 fully saturated rings. The first-order valence-electron chi connectivity index (χ1n) is 9.57. The van der Waals surface area contributed by atoms with Crippen LogP contribution in [0, 0.1) is 11.8 Å². The number of hydrogen-bond donors (Lipinski definition) is 2. The SMILES string of the molecule is C=C(C)C1CC=C(C)C(=NNC(=O)C(=O)NN=C2CC(C(=C)C)CC=C2C)C1. The maximum absolute atomic E-state index is 12.1. The highest BCUT2D eigenvalue weighted by Crippen LogP contribution is 2.27. The van der Waals surface area contributed by atoms with E-state index in [1.807, 2.05) is 27.7 Å². The number of carbonyl (C=O) groups excluding carboxylic acids is 2. The van der Waals surface area contributed by atoms with Gasteiger partial charge in [0.15, 0.2) is 0 Å². The van der Waals surface area contributed by atoms with Gasteiger partial charge in [0.05, 0.1) is 11.4 Å². The monoisotopic (exact) mass is 382 g/mol. The van der Waals surface area contributed by atoms with Crippen LogP contribution in [-0.2, 0) is 9.59 Å². The predicted octanol–water partition coefficient (Wildman–Crippen LogP) is 3.80. The molecule has 2 N–H and O–H groups in total. The van der Waals surface area contributed by atoms with E-state index in [1.54, 1.807) is 0 Å². The smallest absolute Gasteiger partial charge is 0.262 e. The average Bonchev–Trinajstić information content (AvgIpc) is 2.65. The van der Waals surface area contributed by atoms with Crippen molar-refractivity contribution in [3.8, 4) is 0 Å². The fourth-order valence-electron chi connectivity index (χ4n) is 3.19. The summed E-state index contributed by atoms with van der Waals surface area (Å²) in [5.74, 6) is -1.06. The summed E-state index contributed by atoms with van der Waals surface area (Å²) in [4.78, 5) is 24.1. The van der Waals surface area contributed by atoms with Gasteiger partial charge in [0.2, 0.25) is 0 Å². The fourth-order valence-corrected chi connectivity index (χ4v) is 3.19. The van der Waals surface area contributed by atoms with Gasteiger partial charge >= 0.3 is 11.8 Å². The van der Waals surface area contributed by atoms with Gasteiger partial charge in [-0.25, -0.2) is 10.9 Å². The maximum Gasteiger partial charge on any atom is 0.331 e. The first-order valence-corrected chi connectivity index (χ1v) is 9.57. The van der Waals surface area contributed by atoms with E-state index in [0.717, 1.165) is 46.6 Å². The Kier molecular flexibility index (Phi) is 7.26. The minimum Gasteiger partial charge on any atom is -0.262 e. The molecule has 0 bridgehead atoms. The molecule has 2 aliphatic carbocycles. The van der Waals surface area contributed by atoms with Crippen LogP contribution in [0.2, 0.25) is 0 Å². The van der Waals surface area contributed by atoms with Crippen molar-refractivity contribution in [2.24, 2.45) is 22.0 Å². The zero-order valence-corrected chi connectivity index (χ0v) is 17.3. The minimum atomic E-state index is -0.837. The molecule has 2 unspecified atom stereocenters. The first-order chi connectivity index (χ1) is 13.2. The number of rotatable bonds is 4. The summed E-state index contributed by atoms with van der Waals surface area (Å²) >= 11 is 0. The normalized spacial score (nSPS) is 25.0.